The van der Waals surface area contributed by atoms with Crippen LogP contribution in [0.1, 0.15) is 46.0 Å². The first kappa shape index (κ1) is 18.7. The average molecular weight is 318 g/mol. The number of aliphatic hydroxyl groups excluding tert-OH is 1. The Bertz CT molecular complexity index is 297. The molecule has 0 spiro atoms. The second-order valence-corrected chi connectivity index (χ2v) is 7.40. The minimum absolute atomic E-state index is 0.520. The van der Waals surface area contributed by atoms with Crippen LogP contribution < -0.4 is 11.2 Å². The molecule has 0 bridgehead atoms. The minimum Gasteiger partial charge on any atom is -0.381 e. The maximum Gasteiger partial charge on any atom is 0.273 e. The Kier molecular flexibility index (Phi) is 9.31. The maximum absolute atomic E-state index is 11.7. The van der Waals surface area contributed by atoms with Crippen molar-refractivity contribution in [2.75, 3.05) is 18.1 Å². The van der Waals surface area contributed by atoms with Crippen LogP contribution >= 0.6 is 11.8 Å². The van der Waals surface area contributed by atoms with Gasteiger partial charge in [-0.05, 0) is 30.4 Å². The number of hydroxylamine groups is 1. The zero-order chi connectivity index (χ0) is 15.7. The Labute approximate surface area is 132 Å². The molecule has 1 aliphatic carbocycles. The summed E-state index contributed by atoms with van der Waals surface area (Å²) in [6.45, 7) is 4.78. The molecule has 0 aromatic heterocycles. The number of nitrogens with one attached hydrogen (secondary N) is 1. The van der Waals surface area contributed by atoms with Crippen LogP contribution in [0, 0.1) is 11.8 Å². The number of hydrogen-bond donors (Lipinski definition) is 3. The normalized spacial score (nSPS) is 19.5. The number of carbonyl (C=O) groups excluding carboxylic acids is 1. The molecule has 0 saturated heterocycles. The van der Waals surface area contributed by atoms with Crippen LogP contribution in [0.25, 0.3) is 0 Å². The van der Waals surface area contributed by atoms with Gasteiger partial charge < -0.3 is 10.8 Å². The van der Waals surface area contributed by atoms with Gasteiger partial charge in [0.2, 0.25) is 0 Å². The van der Waals surface area contributed by atoms with Crippen molar-refractivity contribution in [3.63, 3.8) is 0 Å². The van der Waals surface area contributed by atoms with Crippen molar-refractivity contribution in [2.24, 2.45) is 17.6 Å². The van der Waals surface area contributed by atoms with E-state index in [9.17, 15) is 9.90 Å². The van der Waals surface area contributed by atoms with Gasteiger partial charge in [-0.15, -0.1) is 0 Å². The lowest BCUT2D eigenvalue weighted by Crippen LogP contribution is -2.48. The monoisotopic (exact) mass is 318 g/mol. The van der Waals surface area contributed by atoms with E-state index in [2.05, 4.69) is 19.3 Å². The van der Waals surface area contributed by atoms with Crippen LogP contribution in [-0.4, -0.2) is 41.3 Å². The highest BCUT2D eigenvalue weighted by atomic mass is 32.2. The van der Waals surface area contributed by atoms with Gasteiger partial charge >= 0.3 is 0 Å². The summed E-state index contributed by atoms with van der Waals surface area (Å²) in [6.07, 6.45) is 4.87. The van der Waals surface area contributed by atoms with E-state index in [0.717, 1.165) is 18.6 Å². The van der Waals surface area contributed by atoms with Crippen molar-refractivity contribution in [1.82, 2.24) is 5.48 Å². The highest BCUT2D eigenvalue weighted by Gasteiger charge is 2.23. The van der Waals surface area contributed by atoms with Gasteiger partial charge in [-0.3, -0.25) is 9.63 Å². The van der Waals surface area contributed by atoms with Crippen molar-refractivity contribution in [1.29, 1.82) is 0 Å². The number of amides is 1. The zero-order valence-electron chi connectivity index (χ0n) is 13.2. The standard InChI is InChI=1S/C15H30N2O3S/c1-11(2)9-21-10-13(16)14(18)15(19)17-20-8-12-6-4-3-5-7-12/h11-14,18H,3-10,16H2,1-2H3,(H,17,19)/t13-,14+/m1/s1. The molecule has 21 heavy (non-hydrogen) atoms. The Balaban J connectivity index is 2.14. The van der Waals surface area contributed by atoms with Crippen molar-refractivity contribution < 1.29 is 14.7 Å². The Hall–Kier alpha value is -0.300. The Morgan fingerprint density at radius 3 is 2.62 bits per heavy atom. The fraction of sp³-hybridized carbons (Fsp3) is 0.933. The van der Waals surface area contributed by atoms with Crippen molar-refractivity contribution >= 4 is 17.7 Å². The molecular formula is C15H30N2O3S. The molecule has 0 aromatic rings. The molecule has 0 unspecified atom stereocenters. The van der Waals surface area contributed by atoms with E-state index in [0.29, 0.717) is 24.2 Å². The summed E-state index contributed by atoms with van der Waals surface area (Å²) in [5.41, 5.74) is 8.16. The van der Waals surface area contributed by atoms with E-state index in [1.54, 1.807) is 11.8 Å². The van der Waals surface area contributed by atoms with Crippen LogP contribution in [0.2, 0.25) is 0 Å². The van der Waals surface area contributed by atoms with Crippen molar-refractivity contribution in [2.45, 2.75) is 58.1 Å². The highest BCUT2D eigenvalue weighted by molar-refractivity contribution is 7.99. The Morgan fingerprint density at radius 1 is 1.33 bits per heavy atom. The van der Waals surface area contributed by atoms with Crippen LogP contribution in [0.4, 0.5) is 0 Å². The van der Waals surface area contributed by atoms with Gasteiger partial charge in [0.15, 0.2) is 6.10 Å². The number of aliphatic hydroxyl groups is 1. The number of nitrogens with two attached hydrogens (primary N) is 1. The van der Waals surface area contributed by atoms with Crippen LogP contribution in [0.5, 0.6) is 0 Å². The molecule has 0 aromatic carbocycles. The molecule has 0 heterocycles. The molecule has 1 aliphatic rings. The van der Waals surface area contributed by atoms with E-state index < -0.39 is 18.1 Å². The first-order chi connectivity index (χ1) is 10.0. The Morgan fingerprint density at radius 2 is 2.00 bits per heavy atom. The molecule has 1 saturated carbocycles. The van der Waals surface area contributed by atoms with Gasteiger partial charge in [0, 0.05) is 11.8 Å². The fourth-order valence-corrected chi connectivity index (χ4v) is 3.43. The summed E-state index contributed by atoms with van der Waals surface area (Å²) in [5.74, 6) is 2.09. The molecule has 4 N–H and O–H groups in total. The lowest BCUT2D eigenvalue weighted by atomic mass is 9.90. The van der Waals surface area contributed by atoms with Gasteiger partial charge in [-0.25, -0.2) is 5.48 Å². The molecule has 1 rings (SSSR count). The number of rotatable bonds is 9. The third-order valence-electron chi connectivity index (χ3n) is 3.65. The molecule has 1 fully saturated rings. The third-order valence-corrected chi connectivity index (χ3v) is 5.18. The summed E-state index contributed by atoms with van der Waals surface area (Å²) in [7, 11) is 0. The molecule has 0 radical (unpaired) electrons. The topological polar surface area (TPSA) is 84.6 Å². The van der Waals surface area contributed by atoms with Gasteiger partial charge in [0.1, 0.15) is 0 Å². The molecule has 5 nitrogen and oxygen atoms in total. The molecule has 6 heteroatoms. The predicted molar refractivity (Wildman–Crippen MR) is 86.8 cm³/mol. The molecule has 2 atom stereocenters. The summed E-state index contributed by atoms with van der Waals surface area (Å²) in [5, 5.41) is 9.86. The molecule has 1 amide bonds. The largest absolute Gasteiger partial charge is 0.381 e. The second kappa shape index (κ2) is 10.4. The van der Waals surface area contributed by atoms with Crippen LogP contribution in [-0.2, 0) is 9.63 Å². The number of thioether (sulfide) groups is 1. The van der Waals surface area contributed by atoms with E-state index in [1.165, 1.54) is 19.3 Å². The van der Waals surface area contributed by atoms with E-state index >= 15 is 0 Å². The SMILES string of the molecule is CC(C)CSC[C@@H](N)[C@H](O)C(=O)NOCC1CCCCC1. The number of hydrogen-bond acceptors (Lipinski definition) is 5. The highest BCUT2D eigenvalue weighted by Crippen LogP contribution is 2.23. The maximum atomic E-state index is 11.7. The lowest BCUT2D eigenvalue weighted by molar-refractivity contribution is -0.144. The summed E-state index contributed by atoms with van der Waals surface area (Å²) in [6, 6.07) is -0.563. The van der Waals surface area contributed by atoms with Gasteiger partial charge in [0.05, 0.1) is 6.61 Å². The zero-order valence-corrected chi connectivity index (χ0v) is 14.0. The van der Waals surface area contributed by atoms with E-state index in [4.69, 9.17) is 10.6 Å². The fourth-order valence-electron chi connectivity index (χ4n) is 2.37. The summed E-state index contributed by atoms with van der Waals surface area (Å²) in [4.78, 5) is 17.0. The van der Waals surface area contributed by atoms with Crippen molar-refractivity contribution in [3.05, 3.63) is 0 Å². The van der Waals surface area contributed by atoms with Gasteiger partial charge in [-0.1, -0.05) is 33.1 Å². The molecular weight excluding hydrogens is 288 g/mol. The van der Waals surface area contributed by atoms with Crippen LogP contribution in [0.3, 0.4) is 0 Å². The van der Waals surface area contributed by atoms with Gasteiger partial charge in [0.25, 0.3) is 5.91 Å². The molecule has 0 aliphatic heterocycles. The predicted octanol–water partition coefficient (Wildman–Crippen LogP) is 1.69. The average Bonchev–Trinajstić information content (AvgIpc) is 2.47. The first-order valence-electron chi connectivity index (χ1n) is 7.93. The van der Waals surface area contributed by atoms with E-state index in [-0.39, 0.29) is 0 Å². The summed E-state index contributed by atoms with van der Waals surface area (Å²) >= 11 is 1.66. The number of carbonyl (C=O) groups is 1. The van der Waals surface area contributed by atoms with Gasteiger partial charge in [-0.2, -0.15) is 11.8 Å². The second-order valence-electron chi connectivity index (χ2n) is 6.32. The summed E-state index contributed by atoms with van der Waals surface area (Å²) < 4.78 is 0. The van der Waals surface area contributed by atoms with Crippen molar-refractivity contribution in [3.8, 4) is 0 Å². The molecule has 124 valence electrons. The quantitative estimate of drug-likeness (QED) is 0.563. The third kappa shape index (κ3) is 8.04. The smallest absolute Gasteiger partial charge is 0.273 e. The first-order valence-corrected chi connectivity index (χ1v) is 9.09. The lowest BCUT2D eigenvalue weighted by Gasteiger charge is -2.22. The van der Waals surface area contributed by atoms with Crippen LogP contribution in [0.15, 0.2) is 0 Å². The minimum atomic E-state index is -1.21. The van der Waals surface area contributed by atoms with E-state index in [1.807, 2.05) is 0 Å².